The summed E-state index contributed by atoms with van der Waals surface area (Å²) in [5.74, 6) is -1.68. The SMILES string of the molecule is O=C(O)CCC(NC(=O)OCC1c2ccccc2-c2ccccc21)C(=O)NCc1cnc[nH]1. The summed E-state index contributed by atoms with van der Waals surface area (Å²) in [6.45, 7) is 0.274. The predicted molar refractivity (Wildman–Crippen MR) is 119 cm³/mol. The van der Waals surface area contributed by atoms with Crippen LogP contribution in [0.3, 0.4) is 0 Å². The lowest BCUT2D eigenvalue weighted by Gasteiger charge is -2.19. The zero-order valence-corrected chi connectivity index (χ0v) is 17.8. The number of alkyl carbamates (subject to hydrolysis) is 1. The number of nitrogens with one attached hydrogen (secondary N) is 3. The van der Waals surface area contributed by atoms with E-state index in [1.54, 1.807) is 6.20 Å². The largest absolute Gasteiger partial charge is 0.481 e. The van der Waals surface area contributed by atoms with Crippen LogP contribution in [-0.4, -0.2) is 45.7 Å². The van der Waals surface area contributed by atoms with Crippen molar-refractivity contribution in [1.29, 1.82) is 0 Å². The summed E-state index contributed by atoms with van der Waals surface area (Å²) in [5.41, 5.74) is 5.05. The van der Waals surface area contributed by atoms with Crippen molar-refractivity contribution >= 4 is 18.0 Å². The fourth-order valence-electron chi connectivity index (χ4n) is 4.01. The molecule has 0 spiro atoms. The third-order valence-corrected chi connectivity index (χ3v) is 5.61. The van der Waals surface area contributed by atoms with Crippen LogP contribution in [0.5, 0.6) is 0 Å². The van der Waals surface area contributed by atoms with Crippen molar-refractivity contribution in [2.24, 2.45) is 0 Å². The lowest BCUT2D eigenvalue weighted by molar-refractivity contribution is -0.137. The van der Waals surface area contributed by atoms with Crippen LogP contribution in [0.25, 0.3) is 11.1 Å². The molecule has 4 N–H and O–H groups in total. The first kappa shape index (κ1) is 22.1. The normalized spacial score (nSPS) is 13.0. The first-order valence-corrected chi connectivity index (χ1v) is 10.6. The van der Waals surface area contributed by atoms with Gasteiger partial charge in [0.15, 0.2) is 0 Å². The van der Waals surface area contributed by atoms with Gasteiger partial charge >= 0.3 is 12.1 Å². The molecular weight excluding hydrogens is 424 g/mol. The Bertz CT molecular complexity index is 1100. The molecular formula is C24H24N4O5. The molecule has 1 unspecified atom stereocenters. The van der Waals surface area contributed by atoms with Crippen molar-refractivity contribution in [1.82, 2.24) is 20.6 Å². The quantitative estimate of drug-likeness (QED) is 0.398. The Labute approximate surface area is 190 Å². The van der Waals surface area contributed by atoms with Gasteiger partial charge in [-0.15, -0.1) is 0 Å². The molecule has 9 heteroatoms. The number of hydrogen-bond donors (Lipinski definition) is 4. The van der Waals surface area contributed by atoms with Gasteiger partial charge in [-0.25, -0.2) is 9.78 Å². The smallest absolute Gasteiger partial charge is 0.407 e. The molecule has 2 aromatic carbocycles. The van der Waals surface area contributed by atoms with Crippen molar-refractivity contribution < 1.29 is 24.2 Å². The fraction of sp³-hybridized carbons (Fsp3) is 0.250. The summed E-state index contributed by atoms with van der Waals surface area (Å²) in [5, 5.41) is 14.2. The fourth-order valence-corrected chi connectivity index (χ4v) is 4.01. The number of aromatic amines is 1. The summed E-state index contributed by atoms with van der Waals surface area (Å²) in [7, 11) is 0. The Hall–Kier alpha value is -4.14. The number of hydrogen-bond acceptors (Lipinski definition) is 5. The highest BCUT2D eigenvalue weighted by Crippen LogP contribution is 2.44. The van der Waals surface area contributed by atoms with Gasteiger partial charge in [-0.3, -0.25) is 9.59 Å². The van der Waals surface area contributed by atoms with Crippen molar-refractivity contribution in [3.63, 3.8) is 0 Å². The van der Waals surface area contributed by atoms with Gasteiger partial charge in [-0.05, 0) is 28.7 Å². The van der Waals surface area contributed by atoms with Crippen LogP contribution in [0.1, 0.15) is 35.6 Å². The summed E-state index contributed by atoms with van der Waals surface area (Å²) in [4.78, 5) is 42.8. The van der Waals surface area contributed by atoms with Gasteiger partial charge < -0.3 is 25.5 Å². The number of carboxylic acid groups (broad SMARTS) is 1. The maximum Gasteiger partial charge on any atom is 0.407 e. The molecule has 33 heavy (non-hydrogen) atoms. The lowest BCUT2D eigenvalue weighted by Crippen LogP contribution is -2.47. The molecule has 0 saturated carbocycles. The van der Waals surface area contributed by atoms with E-state index in [1.165, 1.54) is 6.33 Å². The second kappa shape index (κ2) is 9.99. The van der Waals surface area contributed by atoms with Gasteiger partial charge in [0.2, 0.25) is 5.91 Å². The van der Waals surface area contributed by atoms with E-state index in [4.69, 9.17) is 9.84 Å². The molecule has 0 radical (unpaired) electrons. The number of ether oxygens (including phenoxy) is 1. The standard InChI is InChI=1S/C24H24N4O5/c29-22(30)10-9-21(23(31)26-12-15-11-25-14-27-15)28-24(32)33-13-20-18-7-3-1-5-16(18)17-6-2-4-8-19(17)20/h1-8,11,14,20-21H,9-10,12-13H2,(H,25,27)(H,26,31)(H,28,32)(H,29,30). The molecule has 0 fully saturated rings. The van der Waals surface area contributed by atoms with Crippen molar-refractivity contribution in [3.8, 4) is 11.1 Å². The minimum atomic E-state index is -1.06. The summed E-state index contributed by atoms with van der Waals surface area (Å²) in [6, 6.07) is 14.9. The third kappa shape index (κ3) is 5.20. The van der Waals surface area contributed by atoms with Crippen LogP contribution in [0, 0.1) is 0 Å². The maximum atomic E-state index is 12.6. The van der Waals surface area contributed by atoms with E-state index >= 15 is 0 Å². The number of aromatic nitrogens is 2. The number of aliphatic carboxylic acids is 1. The van der Waals surface area contributed by atoms with E-state index < -0.39 is 24.0 Å². The van der Waals surface area contributed by atoms with Crippen LogP contribution in [-0.2, 0) is 20.9 Å². The highest BCUT2D eigenvalue weighted by Gasteiger charge is 2.30. The van der Waals surface area contributed by atoms with Gasteiger partial charge in [0.25, 0.3) is 0 Å². The molecule has 1 aromatic heterocycles. The van der Waals surface area contributed by atoms with E-state index in [9.17, 15) is 14.4 Å². The van der Waals surface area contributed by atoms with Crippen LogP contribution < -0.4 is 10.6 Å². The van der Waals surface area contributed by atoms with Gasteiger partial charge in [-0.1, -0.05) is 48.5 Å². The Balaban J connectivity index is 1.39. The minimum absolute atomic E-state index is 0.0612. The Morgan fingerprint density at radius 1 is 1.06 bits per heavy atom. The molecule has 9 nitrogen and oxygen atoms in total. The number of carboxylic acids is 1. The number of carbonyl (C=O) groups excluding carboxylic acids is 2. The predicted octanol–water partition coefficient (Wildman–Crippen LogP) is 2.80. The van der Waals surface area contributed by atoms with Gasteiger partial charge in [0.1, 0.15) is 12.6 Å². The number of benzene rings is 2. The van der Waals surface area contributed by atoms with E-state index in [0.29, 0.717) is 5.69 Å². The lowest BCUT2D eigenvalue weighted by atomic mass is 9.98. The summed E-state index contributed by atoms with van der Waals surface area (Å²) >= 11 is 0. The topological polar surface area (TPSA) is 133 Å². The van der Waals surface area contributed by atoms with Gasteiger partial charge in [0.05, 0.1) is 18.6 Å². The number of carbonyl (C=O) groups is 3. The third-order valence-electron chi connectivity index (χ3n) is 5.61. The molecule has 1 aliphatic carbocycles. The summed E-state index contributed by atoms with van der Waals surface area (Å²) < 4.78 is 5.48. The number of imidazole rings is 1. The highest BCUT2D eigenvalue weighted by atomic mass is 16.5. The first-order chi connectivity index (χ1) is 16.0. The molecule has 0 saturated heterocycles. The molecule has 0 bridgehead atoms. The monoisotopic (exact) mass is 448 g/mol. The van der Waals surface area contributed by atoms with Gasteiger partial charge in [0, 0.05) is 18.5 Å². The molecule has 4 rings (SSSR count). The number of fused-ring (bicyclic) bond motifs is 3. The van der Waals surface area contributed by atoms with Crippen molar-refractivity contribution in [2.75, 3.05) is 6.61 Å². The van der Waals surface area contributed by atoms with Crippen molar-refractivity contribution in [2.45, 2.75) is 31.3 Å². The molecule has 1 aliphatic rings. The maximum absolute atomic E-state index is 12.6. The van der Waals surface area contributed by atoms with E-state index in [-0.39, 0.29) is 31.9 Å². The Morgan fingerprint density at radius 3 is 2.33 bits per heavy atom. The van der Waals surface area contributed by atoms with Crippen LogP contribution in [0.15, 0.2) is 61.1 Å². The average molecular weight is 448 g/mol. The number of amides is 2. The number of H-pyrrole nitrogens is 1. The highest BCUT2D eigenvalue weighted by molar-refractivity contribution is 5.86. The van der Waals surface area contributed by atoms with Crippen LogP contribution in [0.2, 0.25) is 0 Å². The second-order valence-corrected chi connectivity index (χ2v) is 7.75. The number of nitrogens with zero attached hydrogens (tertiary/aromatic N) is 1. The van der Waals surface area contributed by atoms with E-state index in [1.807, 2.05) is 48.5 Å². The molecule has 3 aromatic rings. The van der Waals surface area contributed by atoms with E-state index in [2.05, 4.69) is 20.6 Å². The average Bonchev–Trinajstić information content (AvgIpc) is 3.45. The Morgan fingerprint density at radius 2 is 1.73 bits per heavy atom. The molecule has 0 aliphatic heterocycles. The second-order valence-electron chi connectivity index (χ2n) is 7.75. The zero-order valence-electron chi connectivity index (χ0n) is 17.8. The van der Waals surface area contributed by atoms with E-state index in [0.717, 1.165) is 22.3 Å². The van der Waals surface area contributed by atoms with Crippen molar-refractivity contribution in [3.05, 3.63) is 77.9 Å². The zero-order chi connectivity index (χ0) is 23.2. The Kier molecular flexibility index (Phi) is 6.68. The number of rotatable bonds is 9. The molecule has 1 atom stereocenters. The minimum Gasteiger partial charge on any atom is -0.481 e. The first-order valence-electron chi connectivity index (χ1n) is 10.6. The summed E-state index contributed by atoms with van der Waals surface area (Å²) in [6.07, 6.45) is 1.94. The van der Waals surface area contributed by atoms with Gasteiger partial charge in [-0.2, -0.15) is 0 Å². The van der Waals surface area contributed by atoms with Crippen LogP contribution in [0.4, 0.5) is 4.79 Å². The van der Waals surface area contributed by atoms with Crippen LogP contribution >= 0.6 is 0 Å². The molecule has 170 valence electrons. The molecule has 2 amide bonds. The molecule has 1 heterocycles.